The fraction of sp³-hybridized carbons (Fsp3) is 0.429. The second-order valence-corrected chi connectivity index (χ2v) is 5.63. The van der Waals surface area contributed by atoms with Crippen LogP contribution in [0.15, 0.2) is 5.38 Å². The molecule has 0 fully saturated rings. The Morgan fingerprint density at radius 3 is 2.62 bits per heavy atom. The van der Waals surface area contributed by atoms with Crippen LogP contribution in [-0.2, 0) is 19.4 Å². The molecule has 6 nitrogen and oxygen atoms in total. The highest BCUT2D eigenvalue weighted by molar-refractivity contribution is 7.09. The second kappa shape index (κ2) is 6.62. The van der Waals surface area contributed by atoms with Crippen LogP contribution in [0.25, 0.3) is 0 Å². The maximum Gasteiger partial charge on any atom is 0.339 e. The molecule has 0 spiro atoms. The van der Waals surface area contributed by atoms with Crippen molar-refractivity contribution in [2.75, 3.05) is 5.32 Å². The molecule has 112 valence electrons. The average Bonchev–Trinajstić information content (AvgIpc) is 2.89. The Balaban J connectivity index is 2.32. The van der Waals surface area contributed by atoms with E-state index in [1.807, 2.05) is 26.2 Å². The van der Waals surface area contributed by atoms with Crippen molar-refractivity contribution in [2.45, 2.75) is 40.2 Å². The first-order chi connectivity index (χ1) is 10.1. The molecular weight excluding hydrogens is 288 g/mol. The van der Waals surface area contributed by atoms with Crippen molar-refractivity contribution < 1.29 is 9.90 Å². The van der Waals surface area contributed by atoms with E-state index in [2.05, 4.69) is 20.5 Å². The van der Waals surface area contributed by atoms with Crippen molar-refractivity contribution in [3.05, 3.63) is 32.9 Å². The predicted octanol–water partition coefficient (Wildman–Crippen LogP) is 2.68. The molecule has 0 atom stereocenters. The van der Waals surface area contributed by atoms with Crippen molar-refractivity contribution in [3.8, 4) is 0 Å². The number of carboxylic acid groups (broad SMARTS) is 1. The number of aromatic nitrogens is 3. The topological polar surface area (TPSA) is 88.0 Å². The fourth-order valence-electron chi connectivity index (χ4n) is 2.19. The summed E-state index contributed by atoms with van der Waals surface area (Å²) in [5.41, 5.74) is 2.58. The van der Waals surface area contributed by atoms with E-state index in [9.17, 15) is 9.90 Å². The lowest BCUT2D eigenvalue weighted by atomic mass is 10.0. The summed E-state index contributed by atoms with van der Waals surface area (Å²) in [6, 6.07) is 0. The SMILES string of the molecule is CCc1nnc(NCc2csc(C)n2)c(C(=O)O)c1CC. The average molecular weight is 306 g/mol. The number of aromatic carboxylic acids is 1. The Bertz CT molecular complexity index is 654. The third-order valence-corrected chi connectivity index (χ3v) is 3.99. The lowest BCUT2D eigenvalue weighted by Gasteiger charge is -2.13. The van der Waals surface area contributed by atoms with Crippen LogP contribution in [0, 0.1) is 6.92 Å². The van der Waals surface area contributed by atoms with E-state index >= 15 is 0 Å². The van der Waals surface area contributed by atoms with Gasteiger partial charge in [-0.15, -0.1) is 16.4 Å². The lowest BCUT2D eigenvalue weighted by Crippen LogP contribution is -2.15. The largest absolute Gasteiger partial charge is 0.478 e. The minimum atomic E-state index is -0.978. The molecular formula is C14H18N4O2S. The van der Waals surface area contributed by atoms with Crippen molar-refractivity contribution in [2.24, 2.45) is 0 Å². The van der Waals surface area contributed by atoms with Crippen LogP contribution in [0.2, 0.25) is 0 Å². The Morgan fingerprint density at radius 1 is 1.33 bits per heavy atom. The van der Waals surface area contributed by atoms with Gasteiger partial charge in [-0.05, 0) is 25.3 Å². The third-order valence-electron chi connectivity index (χ3n) is 3.16. The summed E-state index contributed by atoms with van der Waals surface area (Å²) in [5.74, 6) is -0.671. The first-order valence-electron chi connectivity index (χ1n) is 6.83. The molecule has 21 heavy (non-hydrogen) atoms. The molecule has 0 bridgehead atoms. The number of anilines is 1. The number of nitrogens with zero attached hydrogens (tertiary/aromatic N) is 3. The van der Waals surface area contributed by atoms with E-state index < -0.39 is 5.97 Å². The minimum Gasteiger partial charge on any atom is -0.478 e. The number of aryl methyl sites for hydroxylation is 2. The number of nitrogens with one attached hydrogen (secondary N) is 1. The Labute approximate surface area is 127 Å². The van der Waals surface area contributed by atoms with Gasteiger partial charge >= 0.3 is 5.97 Å². The molecule has 0 aromatic carbocycles. The number of rotatable bonds is 6. The molecule has 0 amide bonds. The van der Waals surface area contributed by atoms with Crippen molar-refractivity contribution >= 4 is 23.1 Å². The van der Waals surface area contributed by atoms with Gasteiger partial charge in [0.15, 0.2) is 5.82 Å². The van der Waals surface area contributed by atoms with Gasteiger partial charge in [0.25, 0.3) is 0 Å². The van der Waals surface area contributed by atoms with Gasteiger partial charge in [0, 0.05) is 5.38 Å². The highest BCUT2D eigenvalue weighted by Gasteiger charge is 2.20. The van der Waals surface area contributed by atoms with Crippen LogP contribution in [-0.4, -0.2) is 26.3 Å². The molecule has 0 aliphatic heterocycles. The van der Waals surface area contributed by atoms with Crippen molar-refractivity contribution in [1.29, 1.82) is 0 Å². The van der Waals surface area contributed by atoms with Crippen molar-refractivity contribution in [3.63, 3.8) is 0 Å². The molecule has 2 rings (SSSR count). The molecule has 0 saturated heterocycles. The van der Waals surface area contributed by atoms with Gasteiger partial charge in [0.2, 0.25) is 0 Å². The highest BCUT2D eigenvalue weighted by atomic mass is 32.1. The molecule has 7 heteroatoms. The summed E-state index contributed by atoms with van der Waals surface area (Å²) in [4.78, 5) is 15.9. The number of thiazole rings is 1. The predicted molar refractivity (Wildman–Crippen MR) is 81.9 cm³/mol. The molecule has 0 unspecified atom stereocenters. The van der Waals surface area contributed by atoms with Crippen LogP contribution in [0.1, 0.15) is 46.2 Å². The van der Waals surface area contributed by atoms with Crippen LogP contribution >= 0.6 is 11.3 Å². The smallest absolute Gasteiger partial charge is 0.339 e. The van der Waals surface area contributed by atoms with E-state index in [4.69, 9.17) is 0 Å². The van der Waals surface area contributed by atoms with Gasteiger partial charge in [-0.1, -0.05) is 13.8 Å². The summed E-state index contributed by atoms with van der Waals surface area (Å²) >= 11 is 1.56. The summed E-state index contributed by atoms with van der Waals surface area (Å²) in [6.45, 7) is 6.24. The van der Waals surface area contributed by atoms with E-state index in [0.29, 0.717) is 25.2 Å². The van der Waals surface area contributed by atoms with Crippen LogP contribution in [0.4, 0.5) is 5.82 Å². The third kappa shape index (κ3) is 3.36. The molecule has 0 saturated carbocycles. The van der Waals surface area contributed by atoms with Gasteiger partial charge in [0.1, 0.15) is 5.56 Å². The van der Waals surface area contributed by atoms with Gasteiger partial charge in [-0.25, -0.2) is 9.78 Å². The van der Waals surface area contributed by atoms with E-state index in [1.165, 1.54) is 0 Å². The molecule has 2 aromatic rings. The zero-order chi connectivity index (χ0) is 15.4. The Kier molecular flexibility index (Phi) is 4.85. The normalized spacial score (nSPS) is 10.6. The molecule has 0 aliphatic rings. The van der Waals surface area contributed by atoms with Gasteiger partial charge in [-0.2, -0.15) is 5.10 Å². The molecule has 2 N–H and O–H groups in total. The van der Waals surface area contributed by atoms with Crippen LogP contribution < -0.4 is 5.32 Å². The van der Waals surface area contributed by atoms with Gasteiger partial charge in [0.05, 0.1) is 22.9 Å². The number of hydrogen-bond acceptors (Lipinski definition) is 6. The maximum atomic E-state index is 11.6. The van der Waals surface area contributed by atoms with Crippen molar-refractivity contribution in [1.82, 2.24) is 15.2 Å². The standard InChI is InChI=1S/C14H18N4O2S/c1-4-10-11(5-2)17-18-13(12(10)14(19)20)15-6-9-7-21-8(3)16-9/h7H,4-6H2,1-3H3,(H,15,18)(H,19,20). The number of carbonyl (C=O) groups is 1. The molecule has 0 aliphatic carbocycles. The first-order valence-corrected chi connectivity index (χ1v) is 7.71. The van der Waals surface area contributed by atoms with Crippen LogP contribution in [0.3, 0.4) is 0 Å². The molecule has 2 aromatic heterocycles. The zero-order valence-electron chi connectivity index (χ0n) is 12.3. The van der Waals surface area contributed by atoms with Gasteiger partial charge < -0.3 is 10.4 Å². The monoisotopic (exact) mass is 306 g/mol. The summed E-state index contributed by atoms with van der Waals surface area (Å²) in [5, 5.41) is 23.6. The number of carboxylic acids is 1. The van der Waals surface area contributed by atoms with E-state index in [0.717, 1.165) is 22.0 Å². The summed E-state index contributed by atoms with van der Waals surface area (Å²) < 4.78 is 0. The fourth-order valence-corrected chi connectivity index (χ4v) is 2.80. The molecule has 0 radical (unpaired) electrons. The molecule has 2 heterocycles. The second-order valence-electron chi connectivity index (χ2n) is 4.57. The minimum absolute atomic E-state index is 0.219. The number of hydrogen-bond donors (Lipinski definition) is 2. The zero-order valence-corrected chi connectivity index (χ0v) is 13.1. The van der Waals surface area contributed by atoms with E-state index in [1.54, 1.807) is 11.3 Å². The van der Waals surface area contributed by atoms with E-state index in [-0.39, 0.29) is 5.56 Å². The van der Waals surface area contributed by atoms with Gasteiger partial charge in [-0.3, -0.25) is 0 Å². The van der Waals surface area contributed by atoms with Crippen LogP contribution in [0.5, 0.6) is 0 Å². The summed E-state index contributed by atoms with van der Waals surface area (Å²) in [7, 11) is 0. The first kappa shape index (κ1) is 15.4. The quantitative estimate of drug-likeness (QED) is 0.853. The maximum absolute atomic E-state index is 11.6. The Hall–Kier alpha value is -2.02. The lowest BCUT2D eigenvalue weighted by molar-refractivity contribution is 0.0696. The summed E-state index contributed by atoms with van der Waals surface area (Å²) in [6.07, 6.45) is 1.28. The highest BCUT2D eigenvalue weighted by Crippen LogP contribution is 2.21. The Morgan fingerprint density at radius 2 is 2.10 bits per heavy atom.